The smallest absolute Gasteiger partial charge is 0.124 e. The molecule has 3 aromatic carbocycles. The molecule has 0 saturated heterocycles. The summed E-state index contributed by atoms with van der Waals surface area (Å²) >= 11 is 0. The lowest BCUT2D eigenvalue weighted by Crippen LogP contribution is -2.06. The molecule has 0 saturated carbocycles. The van der Waals surface area contributed by atoms with Crippen LogP contribution in [0.4, 0.5) is 5.69 Å². The summed E-state index contributed by atoms with van der Waals surface area (Å²) in [6.07, 6.45) is 0.916. The van der Waals surface area contributed by atoms with Gasteiger partial charge in [0, 0.05) is 24.2 Å². The van der Waals surface area contributed by atoms with Crippen molar-refractivity contribution in [3.05, 3.63) is 95.1 Å². The molecule has 3 aromatic rings. The van der Waals surface area contributed by atoms with Gasteiger partial charge in [-0.05, 0) is 37.1 Å². The van der Waals surface area contributed by atoms with E-state index in [1.807, 2.05) is 18.2 Å². The average molecular weight is 331 g/mol. The third-order valence-electron chi connectivity index (χ3n) is 4.31. The number of para-hydroxylation sites is 1. The molecule has 0 atom stereocenters. The lowest BCUT2D eigenvalue weighted by Gasteiger charge is -2.14. The van der Waals surface area contributed by atoms with Crippen molar-refractivity contribution >= 4 is 5.69 Å². The fourth-order valence-electron chi connectivity index (χ4n) is 2.92. The van der Waals surface area contributed by atoms with Crippen LogP contribution in [0.25, 0.3) is 0 Å². The van der Waals surface area contributed by atoms with Crippen LogP contribution in [-0.2, 0) is 13.0 Å². The number of aryl methyl sites for hydroxylation is 2. The van der Waals surface area contributed by atoms with Crippen molar-refractivity contribution in [2.45, 2.75) is 26.8 Å². The third kappa shape index (κ3) is 4.87. The normalized spacial score (nSPS) is 10.5. The van der Waals surface area contributed by atoms with Crippen LogP contribution < -0.4 is 10.1 Å². The summed E-state index contributed by atoms with van der Waals surface area (Å²) in [5.41, 5.74) is 6.20. The molecule has 128 valence electrons. The first-order valence-electron chi connectivity index (χ1n) is 8.78. The van der Waals surface area contributed by atoms with Crippen molar-refractivity contribution in [2.24, 2.45) is 0 Å². The molecule has 0 aliphatic carbocycles. The zero-order valence-corrected chi connectivity index (χ0v) is 15.0. The SMILES string of the molecule is Cc1ccc(NCc2ccccc2OCCc2ccccc2)c(C)c1. The Morgan fingerprint density at radius 3 is 2.40 bits per heavy atom. The maximum Gasteiger partial charge on any atom is 0.124 e. The van der Waals surface area contributed by atoms with Gasteiger partial charge in [0.05, 0.1) is 6.61 Å². The number of nitrogens with one attached hydrogen (secondary N) is 1. The predicted molar refractivity (Wildman–Crippen MR) is 105 cm³/mol. The Balaban J connectivity index is 1.60. The van der Waals surface area contributed by atoms with E-state index in [2.05, 4.69) is 73.8 Å². The van der Waals surface area contributed by atoms with E-state index in [0.29, 0.717) is 6.61 Å². The van der Waals surface area contributed by atoms with Gasteiger partial charge in [0.2, 0.25) is 0 Å². The number of anilines is 1. The number of benzene rings is 3. The van der Waals surface area contributed by atoms with E-state index in [-0.39, 0.29) is 0 Å². The maximum absolute atomic E-state index is 6.04. The fourth-order valence-corrected chi connectivity index (χ4v) is 2.92. The van der Waals surface area contributed by atoms with E-state index in [0.717, 1.165) is 18.7 Å². The predicted octanol–water partition coefficient (Wildman–Crippen LogP) is 5.54. The van der Waals surface area contributed by atoms with Gasteiger partial charge in [-0.25, -0.2) is 0 Å². The Labute approximate surface area is 150 Å². The summed E-state index contributed by atoms with van der Waals surface area (Å²) in [5, 5.41) is 3.52. The molecule has 25 heavy (non-hydrogen) atoms. The molecule has 0 amide bonds. The topological polar surface area (TPSA) is 21.3 Å². The number of hydrogen-bond donors (Lipinski definition) is 1. The van der Waals surface area contributed by atoms with Gasteiger partial charge < -0.3 is 10.1 Å². The van der Waals surface area contributed by atoms with E-state index in [9.17, 15) is 0 Å². The first kappa shape index (κ1) is 17.1. The van der Waals surface area contributed by atoms with Crippen LogP contribution in [0, 0.1) is 13.8 Å². The van der Waals surface area contributed by atoms with Crippen LogP contribution in [0.15, 0.2) is 72.8 Å². The first-order chi connectivity index (χ1) is 12.2. The van der Waals surface area contributed by atoms with Gasteiger partial charge in [-0.2, -0.15) is 0 Å². The van der Waals surface area contributed by atoms with E-state index in [4.69, 9.17) is 4.74 Å². The first-order valence-corrected chi connectivity index (χ1v) is 8.78. The summed E-state index contributed by atoms with van der Waals surface area (Å²) in [5.74, 6) is 0.954. The van der Waals surface area contributed by atoms with Crippen LogP contribution >= 0.6 is 0 Å². The zero-order chi connectivity index (χ0) is 17.5. The van der Waals surface area contributed by atoms with Crippen molar-refractivity contribution in [2.75, 3.05) is 11.9 Å². The molecule has 0 spiro atoms. The largest absolute Gasteiger partial charge is 0.493 e. The van der Waals surface area contributed by atoms with E-state index in [1.165, 1.54) is 27.9 Å². The lowest BCUT2D eigenvalue weighted by atomic mass is 10.1. The van der Waals surface area contributed by atoms with Gasteiger partial charge in [0.15, 0.2) is 0 Å². The fraction of sp³-hybridized carbons (Fsp3) is 0.217. The second-order valence-corrected chi connectivity index (χ2v) is 6.36. The Morgan fingerprint density at radius 1 is 0.840 bits per heavy atom. The van der Waals surface area contributed by atoms with Crippen LogP contribution in [0.5, 0.6) is 5.75 Å². The van der Waals surface area contributed by atoms with Gasteiger partial charge in [-0.15, -0.1) is 0 Å². The van der Waals surface area contributed by atoms with Crippen molar-refractivity contribution < 1.29 is 4.74 Å². The molecule has 0 fully saturated rings. The van der Waals surface area contributed by atoms with Crippen molar-refractivity contribution in [3.8, 4) is 5.75 Å². The molecule has 0 aromatic heterocycles. The lowest BCUT2D eigenvalue weighted by molar-refractivity contribution is 0.319. The highest BCUT2D eigenvalue weighted by atomic mass is 16.5. The third-order valence-corrected chi connectivity index (χ3v) is 4.31. The summed E-state index contributed by atoms with van der Waals surface area (Å²) in [6.45, 7) is 5.69. The minimum absolute atomic E-state index is 0.685. The van der Waals surface area contributed by atoms with Gasteiger partial charge in [0.1, 0.15) is 5.75 Å². The highest BCUT2D eigenvalue weighted by molar-refractivity contribution is 5.52. The van der Waals surface area contributed by atoms with Gasteiger partial charge in [0.25, 0.3) is 0 Å². The molecule has 0 bridgehead atoms. The molecule has 0 aliphatic heterocycles. The van der Waals surface area contributed by atoms with E-state index < -0.39 is 0 Å². The number of rotatable bonds is 7. The maximum atomic E-state index is 6.04. The minimum atomic E-state index is 0.685. The molecule has 2 heteroatoms. The van der Waals surface area contributed by atoms with E-state index >= 15 is 0 Å². The summed E-state index contributed by atoms with van der Waals surface area (Å²) < 4.78 is 6.04. The minimum Gasteiger partial charge on any atom is -0.493 e. The van der Waals surface area contributed by atoms with Crippen molar-refractivity contribution in [1.29, 1.82) is 0 Å². The zero-order valence-electron chi connectivity index (χ0n) is 15.0. The molecule has 1 N–H and O–H groups in total. The molecule has 0 aliphatic rings. The Hall–Kier alpha value is -2.74. The van der Waals surface area contributed by atoms with Crippen molar-refractivity contribution in [1.82, 2.24) is 0 Å². The average Bonchev–Trinajstić information content (AvgIpc) is 2.63. The molecular weight excluding hydrogens is 306 g/mol. The second-order valence-electron chi connectivity index (χ2n) is 6.36. The van der Waals surface area contributed by atoms with Gasteiger partial charge in [-0.3, -0.25) is 0 Å². The Bertz CT molecular complexity index is 811. The number of ether oxygens (including phenoxy) is 1. The molecular formula is C23H25NO. The molecule has 3 rings (SSSR count). The molecule has 0 unspecified atom stereocenters. The van der Waals surface area contributed by atoms with Crippen LogP contribution in [0.3, 0.4) is 0 Å². The quantitative estimate of drug-likeness (QED) is 0.614. The molecule has 0 radical (unpaired) electrons. The number of hydrogen-bond acceptors (Lipinski definition) is 2. The highest BCUT2D eigenvalue weighted by Crippen LogP contribution is 2.22. The monoisotopic (exact) mass is 331 g/mol. The van der Waals surface area contributed by atoms with Crippen LogP contribution in [-0.4, -0.2) is 6.61 Å². The van der Waals surface area contributed by atoms with Gasteiger partial charge >= 0.3 is 0 Å². The van der Waals surface area contributed by atoms with Crippen LogP contribution in [0.2, 0.25) is 0 Å². The van der Waals surface area contributed by atoms with E-state index in [1.54, 1.807) is 0 Å². The molecule has 0 heterocycles. The summed E-state index contributed by atoms with van der Waals surface area (Å²) in [4.78, 5) is 0. The molecule has 2 nitrogen and oxygen atoms in total. The highest BCUT2D eigenvalue weighted by Gasteiger charge is 2.05. The summed E-state index contributed by atoms with van der Waals surface area (Å²) in [7, 11) is 0. The summed E-state index contributed by atoms with van der Waals surface area (Å²) in [6, 6.07) is 25.2. The van der Waals surface area contributed by atoms with Gasteiger partial charge in [-0.1, -0.05) is 66.2 Å². The standard InChI is InChI=1S/C23H25NO/c1-18-12-13-22(19(2)16-18)24-17-21-10-6-7-11-23(21)25-15-14-20-8-4-3-5-9-20/h3-13,16,24H,14-15,17H2,1-2H3. The Kier molecular flexibility index (Phi) is 5.73. The Morgan fingerprint density at radius 2 is 1.60 bits per heavy atom. The van der Waals surface area contributed by atoms with Crippen LogP contribution in [0.1, 0.15) is 22.3 Å². The van der Waals surface area contributed by atoms with Crippen molar-refractivity contribution in [3.63, 3.8) is 0 Å². The second kappa shape index (κ2) is 8.39.